The Balaban J connectivity index is 1.20. The highest BCUT2D eigenvalue weighted by atomic mass is 16.5. The van der Waals surface area contributed by atoms with Gasteiger partial charge in [0.1, 0.15) is 6.61 Å². The first-order valence-electron chi connectivity index (χ1n) is 12.6. The Morgan fingerprint density at radius 1 is 1.09 bits per heavy atom. The van der Waals surface area contributed by atoms with Crippen molar-refractivity contribution in [3.05, 3.63) is 59.7 Å². The number of carboxylic acids is 1. The summed E-state index contributed by atoms with van der Waals surface area (Å²) >= 11 is 0. The highest BCUT2D eigenvalue weighted by Gasteiger charge is 2.57. The molecule has 2 aliphatic carbocycles. The van der Waals surface area contributed by atoms with E-state index in [0.29, 0.717) is 13.0 Å². The molecule has 2 amide bonds. The van der Waals surface area contributed by atoms with Crippen molar-refractivity contribution in [2.75, 3.05) is 13.2 Å². The van der Waals surface area contributed by atoms with Crippen molar-refractivity contribution in [3.63, 3.8) is 0 Å². The van der Waals surface area contributed by atoms with E-state index in [-0.39, 0.29) is 42.9 Å². The lowest BCUT2D eigenvalue weighted by Crippen LogP contribution is -2.46. The Morgan fingerprint density at radius 3 is 2.34 bits per heavy atom. The Kier molecular flexibility index (Phi) is 6.50. The van der Waals surface area contributed by atoms with Crippen molar-refractivity contribution in [2.24, 2.45) is 11.8 Å². The third-order valence-corrected chi connectivity index (χ3v) is 7.90. The first-order valence-corrected chi connectivity index (χ1v) is 12.6. The van der Waals surface area contributed by atoms with Crippen molar-refractivity contribution in [1.82, 2.24) is 10.2 Å². The maximum Gasteiger partial charge on any atom is 0.407 e. The number of unbranched alkanes of at least 4 members (excludes halogenated alkanes) is 1. The fourth-order valence-corrected chi connectivity index (χ4v) is 6.08. The lowest BCUT2D eigenvalue weighted by molar-refractivity contribution is -0.148. The average Bonchev–Trinajstić information content (AvgIpc) is 3.52. The van der Waals surface area contributed by atoms with Gasteiger partial charge in [-0.25, -0.2) is 4.79 Å². The van der Waals surface area contributed by atoms with Gasteiger partial charge in [0, 0.05) is 31.0 Å². The summed E-state index contributed by atoms with van der Waals surface area (Å²) in [5, 5.41) is 12.3. The molecular formula is C28H32N2O5. The minimum Gasteiger partial charge on any atom is -0.481 e. The maximum atomic E-state index is 13.0. The third-order valence-electron chi connectivity index (χ3n) is 7.90. The van der Waals surface area contributed by atoms with Gasteiger partial charge < -0.3 is 20.1 Å². The molecule has 0 aromatic heterocycles. The zero-order valence-electron chi connectivity index (χ0n) is 20.0. The Hall–Kier alpha value is -3.35. The van der Waals surface area contributed by atoms with Gasteiger partial charge in [0.05, 0.1) is 5.92 Å². The van der Waals surface area contributed by atoms with Crippen LogP contribution in [0.1, 0.15) is 56.1 Å². The van der Waals surface area contributed by atoms with Crippen LogP contribution < -0.4 is 5.32 Å². The van der Waals surface area contributed by atoms with Gasteiger partial charge in [-0.05, 0) is 41.0 Å². The molecule has 7 heteroatoms. The Morgan fingerprint density at radius 2 is 1.74 bits per heavy atom. The van der Waals surface area contributed by atoms with Gasteiger partial charge in [-0.15, -0.1) is 0 Å². The van der Waals surface area contributed by atoms with Crippen molar-refractivity contribution >= 4 is 18.0 Å². The number of alkyl carbamates (subject to hydrolysis) is 1. The second-order valence-corrected chi connectivity index (χ2v) is 9.99. The van der Waals surface area contributed by atoms with Crippen LogP contribution in [-0.4, -0.2) is 53.2 Å². The second kappa shape index (κ2) is 9.72. The minimum absolute atomic E-state index is 0.0202. The molecule has 2 aromatic carbocycles. The van der Waals surface area contributed by atoms with Crippen LogP contribution in [-0.2, 0) is 14.3 Å². The number of aliphatic carboxylic acids is 1. The Bertz CT molecular complexity index is 1090. The van der Waals surface area contributed by atoms with Crippen LogP contribution in [0.15, 0.2) is 48.5 Å². The molecule has 0 radical (unpaired) electrons. The van der Waals surface area contributed by atoms with Crippen LogP contribution in [0.25, 0.3) is 11.1 Å². The summed E-state index contributed by atoms with van der Waals surface area (Å²) in [4.78, 5) is 38.9. The van der Waals surface area contributed by atoms with E-state index in [0.717, 1.165) is 30.4 Å². The zero-order chi connectivity index (χ0) is 24.5. The molecule has 184 valence electrons. The molecule has 6 rings (SSSR count). The second-order valence-electron chi connectivity index (χ2n) is 9.99. The number of carbonyl (C=O) groups excluding carboxylic acids is 2. The first-order chi connectivity index (χ1) is 17.0. The predicted molar refractivity (Wildman–Crippen MR) is 131 cm³/mol. The van der Waals surface area contributed by atoms with E-state index in [9.17, 15) is 19.5 Å². The lowest BCUT2D eigenvalue weighted by Gasteiger charge is -2.33. The highest BCUT2D eigenvalue weighted by Crippen LogP contribution is 2.47. The van der Waals surface area contributed by atoms with Crippen LogP contribution in [0, 0.1) is 11.8 Å². The van der Waals surface area contributed by atoms with Crippen molar-refractivity contribution in [1.29, 1.82) is 0 Å². The molecule has 7 nitrogen and oxygen atoms in total. The molecular weight excluding hydrogens is 444 g/mol. The molecule has 2 N–H and O–H groups in total. The molecule has 2 aromatic rings. The van der Waals surface area contributed by atoms with E-state index in [1.165, 1.54) is 11.1 Å². The normalized spacial score (nSPS) is 22.7. The number of fused-ring (bicyclic) bond motifs is 4. The summed E-state index contributed by atoms with van der Waals surface area (Å²) in [5.41, 5.74) is 4.65. The lowest BCUT2D eigenvalue weighted by atomic mass is 9.74. The molecule has 3 fully saturated rings. The predicted octanol–water partition coefficient (Wildman–Crippen LogP) is 4.41. The SMILES string of the molecule is CCCC[C@@H](CC(=O)N1CC2CC1C2C(=O)O)NC(=O)OCC1c2ccccc2-c2ccccc21. The molecule has 2 bridgehead atoms. The standard InChI is InChI=1S/C28H32N2O5/c1-2-3-8-18(14-25(31)30-15-17-13-24(30)26(17)27(32)33)29-28(34)35-16-23-21-11-6-4-9-19(21)20-10-5-7-12-22(20)23/h4-7,9-12,17-18,23-24,26H,2-3,8,13-16H2,1H3,(H,29,34)(H,32,33)/t17?,18-,24?,26?/m0/s1. The summed E-state index contributed by atoms with van der Waals surface area (Å²) in [7, 11) is 0. The van der Waals surface area contributed by atoms with Crippen LogP contribution in [0.4, 0.5) is 4.79 Å². The minimum atomic E-state index is -0.819. The van der Waals surface area contributed by atoms with Gasteiger partial charge in [0.15, 0.2) is 0 Å². The summed E-state index contributed by atoms with van der Waals surface area (Å²) in [6, 6.07) is 15.9. The average molecular weight is 477 g/mol. The van der Waals surface area contributed by atoms with Gasteiger partial charge in [0.25, 0.3) is 0 Å². The van der Waals surface area contributed by atoms with Crippen molar-refractivity contribution in [3.8, 4) is 11.1 Å². The molecule has 1 saturated carbocycles. The largest absolute Gasteiger partial charge is 0.481 e. The summed E-state index contributed by atoms with van der Waals surface area (Å²) in [6.07, 6.45) is 2.92. The number of hydrogen-bond donors (Lipinski definition) is 2. The summed E-state index contributed by atoms with van der Waals surface area (Å²) < 4.78 is 5.68. The van der Waals surface area contributed by atoms with Gasteiger partial charge in [0.2, 0.25) is 5.91 Å². The van der Waals surface area contributed by atoms with Gasteiger partial charge in [-0.1, -0.05) is 68.3 Å². The van der Waals surface area contributed by atoms with E-state index >= 15 is 0 Å². The van der Waals surface area contributed by atoms with E-state index in [1.54, 1.807) is 4.90 Å². The fourth-order valence-electron chi connectivity index (χ4n) is 6.08. The molecule has 4 atom stereocenters. The van der Waals surface area contributed by atoms with E-state index < -0.39 is 18.0 Å². The quantitative estimate of drug-likeness (QED) is 0.559. The molecule has 2 saturated heterocycles. The summed E-state index contributed by atoms with van der Waals surface area (Å²) in [6.45, 7) is 2.80. The number of carbonyl (C=O) groups is 3. The van der Waals surface area contributed by atoms with E-state index in [1.807, 2.05) is 24.3 Å². The third kappa shape index (κ3) is 4.40. The van der Waals surface area contributed by atoms with Crippen LogP contribution in [0.5, 0.6) is 0 Å². The van der Waals surface area contributed by atoms with Gasteiger partial charge in [-0.3, -0.25) is 9.59 Å². The van der Waals surface area contributed by atoms with Crippen molar-refractivity contribution < 1.29 is 24.2 Å². The number of carboxylic acid groups (broad SMARTS) is 1. The zero-order valence-corrected chi connectivity index (χ0v) is 20.0. The monoisotopic (exact) mass is 476 g/mol. The number of rotatable bonds is 9. The molecule has 4 aliphatic rings. The van der Waals surface area contributed by atoms with Gasteiger partial charge in [-0.2, -0.15) is 0 Å². The summed E-state index contributed by atoms with van der Waals surface area (Å²) in [5.74, 6) is -1.30. The molecule has 2 aliphatic heterocycles. The fraction of sp³-hybridized carbons (Fsp3) is 0.464. The number of benzene rings is 2. The van der Waals surface area contributed by atoms with E-state index in [4.69, 9.17) is 4.74 Å². The van der Waals surface area contributed by atoms with Crippen LogP contribution in [0.3, 0.4) is 0 Å². The number of hydrogen-bond acceptors (Lipinski definition) is 4. The van der Waals surface area contributed by atoms with E-state index in [2.05, 4.69) is 36.5 Å². The van der Waals surface area contributed by atoms with Crippen molar-refractivity contribution in [2.45, 2.75) is 57.0 Å². The number of amides is 2. The number of ether oxygens (including phenoxy) is 1. The van der Waals surface area contributed by atoms with Crippen LogP contribution >= 0.6 is 0 Å². The number of nitrogens with one attached hydrogen (secondary N) is 1. The first kappa shape index (κ1) is 23.4. The topological polar surface area (TPSA) is 95.9 Å². The molecule has 35 heavy (non-hydrogen) atoms. The van der Waals surface area contributed by atoms with Crippen LogP contribution in [0.2, 0.25) is 0 Å². The maximum absolute atomic E-state index is 13.0. The smallest absolute Gasteiger partial charge is 0.407 e. The molecule has 2 heterocycles. The Labute approximate surface area is 205 Å². The molecule has 3 unspecified atom stereocenters. The molecule has 0 spiro atoms. The highest BCUT2D eigenvalue weighted by molar-refractivity contribution is 5.82. The number of nitrogens with zero attached hydrogens (tertiary/aromatic N) is 1. The van der Waals surface area contributed by atoms with Gasteiger partial charge >= 0.3 is 12.1 Å².